The third kappa shape index (κ3) is 4.90. The average molecular weight is 486 g/mol. The molecule has 9 heteroatoms. The van der Waals surface area contributed by atoms with Crippen LogP contribution < -0.4 is 4.74 Å². The van der Waals surface area contributed by atoms with Crippen LogP contribution in [0.15, 0.2) is 59.6 Å². The maximum Gasteiger partial charge on any atom is 0.410 e. The summed E-state index contributed by atoms with van der Waals surface area (Å²) < 4.78 is 38.9. The molecule has 0 atom stereocenters. The predicted octanol–water partition coefficient (Wildman–Crippen LogP) is 3.94. The summed E-state index contributed by atoms with van der Waals surface area (Å²) in [6, 6.07) is 13.8. The Morgan fingerprint density at radius 2 is 1.65 bits per heavy atom. The number of carbonyl (C=O) groups is 1. The number of hydrogen-bond acceptors (Lipinski definition) is 6. The van der Waals surface area contributed by atoms with Gasteiger partial charge < -0.3 is 14.4 Å². The first-order valence-corrected chi connectivity index (χ1v) is 12.7. The minimum atomic E-state index is -3.72. The van der Waals surface area contributed by atoms with Crippen LogP contribution in [0.5, 0.6) is 5.75 Å². The maximum atomic E-state index is 13.2. The van der Waals surface area contributed by atoms with Gasteiger partial charge >= 0.3 is 6.09 Å². The van der Waals surface area contributed by atoms with Crippen molar-refractivity contribution in [1.82, 2.24) is 13.8 Å². The Balaban J connectivity index is 1.57. The summed E-state index contributed by atoms with van der Waals surface area (Å²) in [7, 11) is -2.11. The van der Waals surface area contributed by atoms with Crippen LogP contribution in [0, 0.1) is 0 Å². The van der Waals surface area contributed by atoms with E-state index in [1.165, 1.54) is 3.97 Å². The first-order chi connectivity index (χ1) is 16.1. The fourth-order valence-electron chi connectivity index (χ4n) is 4.14. The lowest BCUT2D eigenvalue weighted by molar-refractivity contribution is 0.0138. The van der Waals surface area contributed by atoms with Gasteiger partial charge in [0.1, 0.15) is 11.4 Å². The Kier molecular flexibility index (Phi) is 6.60. The van der Waals surface area contributed by atoms with E-state index < -0.39 is 15.6 Å². The molecule has 2 aromatic carbocycles. The van der Waals surface area contributed by atoms with Gasteiger partial charge in [-0.1, -0.05) is 18.2 Å². The standard InChI is InChI=1S/C25H31N3O5S/c1-25(2,3)33-24(29)27-16-14-26(15-17-27)18-21-20-12-13-28(22(20)10-11-23(21)32-4)34(30,31)19-8-6-5-7-9-19/h5-13H,14-18H2,1-4H3. The number of ether oxygens (including phenoxy) is 2. The minimum Gasteiger partial charge on any atom is -0.496 e. The van der Waals surface area contributed by atoms with Crippen LogP contribution in [0.25, 0.3) is 10.9 Å². The molecule has 0 aliphatic carbocycles. The molecule has 1 saturated heterocycles. The number of hydrogen-bond donors (Lipinski definition) is 0. The van der Waals surface area contributed by atoms with Crippen LogP contribution >= 0.6 is 0 Å². The van der Waals surface area contributed by atoms with Gasteiger partial charge in [0.25, 0.3) is 10.0 Å². The average Bonchev–Trinajstić information content (AvgIpc) is 3.25. The van der Waals surface area contributed by atoms with Gasteiger partial charge in [0.15, 0.2) is 0 Å². The SMILES string of the molecule is COc1ccc2c(ccn2S(=O)(=O)c2ccccc2)c1CN1CCN(C(=O)OC(C)(C)C)CC1. The molecule has 0 N–H and O–H groups in total. The topological polar surface area (TPSA) is 81.1 Å². The van der Waals surface area contributed by atoms with E-state index in [0.717, 1.165) is 10.9 Å². The lowest BCUT2D eigenvalue weighted by Crippen LogP contribution is -2.49. The van der Waals surface area contributed by atoms with Crippen LogP contribution in [0.1, 0.15) is 26.3 Å². The lowest BCUT2D eigenvalue weighted by Gasteiger charge is -2.35. The molecular weight excluding hydrogens is 454 g/mol. The Morgan fingerprint density at radius 1 is 0.971 bits per heavy atom. The van der Waals surface area contributed by atoms with Crippen molar-refractivity contribution in [3.05, 3.63) is 60.3 Å². The second-order valence-electron chi connectivity index (χ2n) is 9.35. The zero-order valence-corrected chi connectivity index (χ0v) is 20.8. The van der Waals surface area contributed by atoms with Gasteiger partial charge in [0.2, 0.25) is 0 Å². The highest BCUT2D eigenvalue weighted by Gasteiger charge is 2.27. The van der Waals surface area contributed by atoms with Gasteiger partial charge in [0, 0.05) is 49.9 Å². The molecule has 0 unspecified atom stereocenters. The predicted molar refractivity (Wildman–Crippen MR) is 131 cm³/mol. The Hall–Kier alpha value is -3.04. The Bertz CT molecular complexity index is 1270. The molecule has 182 valence electrons. The molecule has 2 heterocycles. The molecule has 0 bridgehead atoms. The fraction of sp³-hybridized carbons (Fsp3) is 0.400. The number of carbonyl (C=O) groups excluding carboxylic acids is 1. The number of rotatable bonds is 5. The van der Waals surface area contributed by atoms with Crippen molar-refractivity contribution in [1.29, 1.82) is 0 Å². The highest BCUT2D eigenvalue weighted by atomic mass is 32.2. The number of aromatic nitrogens is 1. The molecule has 0 saturated carbocycles. The van der Waals surface area contributed by atoms with Gasteiger partial charge in [-0.3, -0.25) is 4.90 Å². The zero-order valence-electron chi connectivity index (χ0n) is 20.0. The molecule has 34 heavy (non-hydrogen) atoms. The van der Waals surface area contributed by atoms with Crippen molar-refractivity contribution in [2.75, 3.05) is 33.3 Å². The number of nitrogens with zero attached hydrogens (tertiary/aromatic N) is 3. The molecule has 1 aliphatic heterocycles. The van der Waals surface area contributed by atoms with Crippen molar-refractivity contribution in [3.8, 4) is 5.75 Å². The van der Waals surface area contributed by atoms with Crippen molar-refractivity contribution in [3.63, 3.8) is 0 Å². The van der Waals surface area contributed by atoms with E-state index in [-0.39, 0.29) is 11.0 Å². The summed E-state index contributed by atoms with van der Waals surface area (Å²) in [6.07, 6.45) is 1.30. The largest absolute Gasteiger partial charge is 0.496 e. The molecule has 1 aliphatic rings. The lowest BCUT2D eigenvalue weighted by atomic mass is 10.1. The van der Waals surface area contributed by atoms with Crippen molar-refractivity contribution >= 4 is 27.0 Å². The Morgan fingerprint density at radius 3 is 2.26 bits per heavy atom. The van der Waals surface area contributed by atoms with Gasteiger partial charge in [-0.05, 0) is 51.1 Å². The molecule has 1 fully saturated rings. The summed E-state index contributed by atoms with van der Waals surface area (Å²) in [6.45, 7) is 8.66. The number of fused-ring (bicyclic) bond motifs is 1. The van der Waals surface area contributed by atoms with E-state index in [0.29, 0.717) is 44.0 Å². The summed E-state index contributed by atoms with van der Waals surface area (Å²) in [5.41, 5.74) is 1.00. The van der Waals surface area contributed by atoms with E-state index >= 15 is 0 Å². The number of piperazine rings is 1. The summed E-state index contributed by atoms with van der Waals surface area (Å²) in [5, 5.41) is 0.827. The van der Waals surface area contributed by atoms with Crippen LogP contribution in [0.2, 0.25) is 0 Å². The molecule has 0 radical (unpaired) electrons. The second kappa shape index (κ2) is 9.31. The summed E-state index contributed by atoms with van der Waals surface area (Å²) in [5.74, 6) is 0.705. The van der Waals surface area contributed by atoms with Gasteiger partial charge in [-0.2, -0.15) is 0 Å². The van der Waals surface area contributed by atoms with Crippen LogP contribution in [0.4, 0.5) is 4.79 Å². The number of benzene rings is 2. The molecule has 3 aromatic rings. The molecule has 1 amide bonds. The van der Waals surface area contributed by atoms with E-state index in [2.05, 4.69) is 4.90 Å². The quantitative estimate of drug-likeness (QED) is 0.545. The fourth-order valence-corrected chi connectivity index (χ4v) is 5.51. The zero-order chi connectivity index (χ0) is 24.5. The van der Waals surface area contributed by atoms with Crippen LogP contribution in [-0.2, 0) is 21.3 Å². The van der Waals surface area contributed by atoms with Crippen molar-refractivity contribution < 1.29 is 22.7 Å². The van der Waals surface area contributed by atoms with Crippen LogP contribution in [0.3, 0.4) is 0 Å². The third-order valence-corrected chi connectivity index (χ3v) is 7.53. The molecule has 4 rings (SSSR count). The first-order valence-electron chi connectivity index (χ1n) is 11.3. The third-order valence-electron chi connectivity index (χ3n) is 5.83. The first kappa shape index (κ1) is 24.1. The normalized spacial score (nSPS) is 15.5. The second-order valence-corrected chi connectivity index (χ2v) is 11.2. The molecule has 8 nitrogen and oxygen atoms in total. The van der Waals surface area contributed by atoms with E-state index in [1.54, 1.807) is 54.6 Å². The van der Waals surface area contributed by atoms with E-state index in [9.17, 15) is 13.2 Å². The van der Waals surface area contributed by atoms with Crippen LogP contribution in [-0.4, -0.2) is 67.2 Å². The maximum absolute atomic E-state index is 13.2. The molecule has 1 aromatic heterocycles. The smallest absolute Gasteiger partial charge is 0.410 e. The molecule has 0 spiro atoms. The van der Waals surface area contributed by atoms with Gasteiger partial charge in [-0.15, -0.1) is 0 Å². The highest BCUT2D eigenvalue weighted by Crippen LogP contribution is 2.32. The minimum absolute atomic E-state index is 0.239. The summed E-state index contributed by atoms with van der Waals surface area (Å²) >= 11 is 0. The van der Waals surface area contributed by atoms with Gasteiger partial charge in [-0.25, -0.2) is 17.2 Å². The molecular formula is C25H31N3O5S. The Labute approximate surface area is 200 Å². The van der Waals surface area contributed by atoms with Crippen molar-refractivity contribution in [2.45, 2.75) is 37.8 Å². The number of methoxy groups -OCH3 is 1. The monoisotopic (exact) mass is 485 g/mol. The van der Waals surface area contributed by atoms with E-state index in [4.69, 9.17) is 9.47 Å². The highest BCUT2D eigenvalue weighted by molar-refractivity contribution is 7.90. The summed E-state index contributed by atoms with van der Waals surface area (Å²) in [4.78, 5) is 16.6. The van der Waals surface area contributed by atoms with Crippen molar-refractivity contribution in [2.24, 2.45) is 0 Å². The van der Waals surface area contributed by atoms with Gasteiger partial charge in [0.05, 0.1) is 17.5 Å². The number of amides is 1. The van der Waals surface area contributed by atoms with E-state index in [1.807, 2.05) is 32.9 Å².